The molecule has 3 N–H and O–H groups in total. The van der Waals surface area contributed by atoms with Gasteiger partial charge < -0.3 is 11.1 Å². The molecule has 4 heteroatoms. The van der Waals surface area contributed by atoms with Crippen molar-refractivity contribution in [3.63, 3.8) is 0 Å². The lowest BCUT2D eigenvalue weighted by Crippen LogP contribution is -2.48. The summed E-state index contributed by atoms with van der Waals surface area (Å²) in [6.07, 6.45) is 0.970. The molecule has 2 rings (SSSR count). The van der Waals surface area contributed by atoms with Crippen molar-refractivity contribution >= 4 is 11.6 Å². The van der Waals surface area contributed by atoms with Gasteiger partial charge in [0.05, 0.1) is 6.54 Å². The molecule has 1 heterocycles. The summed E-state index contributed by atoms with van der Waals surface area (Å²) in [5.74, 6) is 0.973. The van der Waals surface area contributed by atoms with E-state index in [0.717, 1.165) is 25.2 Å². The monoisotopic (exact) mass is 289 g/mol. The van der Waals surface area contributed by atoms with E-state index in [1.165, 1.54) is 5.56 Å². The number of benzene rings is 1. The molecular weight excluding hydrogens is 262 g/mol. The number of hydrogen-bond donors (Lipinski definition) is 2. The van der Waals surface area contributed by atoms with E-state index in [1.54, 1.807) is 0 Å². The van der Waals surface area contributed by atoms with Gasteiger partial charge in [-0.1, -0.05) is 32.9 Å². The van der Waals surface area contributed by atoms with Gasteiger partial charge in [-0.25, -0.2) is 0 Å². The smallest absolute Gasteiger partial charge is 0.238 e. The van der Waals surface area contributed by atoms with Gasteiger partial charge in [0.15, 0.2) is 0 Å². The van der Waals surface area contributed by atoms with Crippen LogP contribution in [0, 0.1) is 5.92 Å². The average Bonchev–Trinajstić information content (AvgIpc) is 2.43. The molecule has 1 aromatic rings. The maximum atomic E-state index is 12.2. The fraction of sp³-hybridized carbons (Fsp3) is 0.588. The van der Waals surface area contributed by atoms with E-state index in [2.05, 4.69) is 43.1 Å². The van der Waals surface area contributed by atoms with Crippen LogP contribution in [-0.2, 0) is 4.79 Å². The highest BCUT2D eigenvalue weighted by Crippen LogP contribution is 2.19. The number of nitrogens with one attached hydrogen (secondary N) is 1. The molecule has 0 spiro atoms. The van der Waals surface area contributed by atoms with Gasteiger partial charge in [-0.05, 0) is 36.0 Å². The van der Waals surface area contributed by atoms with Crippen LogP contribution in [0.15, 0.2) is 24.3 Å². The molecular formula is C17H27N3O. The van der Waals surface area contributed by atoms with Crippen molar-refractivity contribution in [1.82, 2.24) is 4.90 Å². The molecule has 1 amide bonds. The third kappa shape index (κ3) is 4.55. The van der Waals surface area contributed by atoms with Crippen LogP contribution in [0.3, 0.4) is 0 Å². The molecule has 1 aliphatic rings. The van der Waals surface area contributed by atoms with Crippen LogP contribution < -0.4 is 11.1 Å². The summed E-state index contributed by atoms with van der Waals surface area (Å²) in [4.78, 5) is 14.4. The number of piperidine rings is 1. The predicted molar refractivity (Wildman–Crippen MR) is 87.4 cm³/mol. The van der Waals surface area contributed by atoms with E-state index >= 15 is 0 Å². The summed E-state index contributed by atoms with van der Waals surface area (Å²) in [5.41, 5.74) is 8.14. The van der Waals surface area contributed by atoms with E-state index in [-0.39, 0.29) is 11.9 Å². The van der Waals surface area contributed by atoms with Gasteiger partial charge in [-0.15, -0.1) is 0 Å². The van der Waals surface area contributed by atoms with Gasteiger partial charge in [-0.2, -0.15) is 0 Å². The second kappa shape index (κ2) is 7.05. The zero-order valence-electron chi connectivity index (χ0n) is 13.3. The Hall–Kier alpha value is -1.39. The Morgan fingerprint density at radius 2 is 2.24 bits per heavy atom. The topological polar surface area (TPSA) is 58.4 Å². The number of rotatable bonds is 4. The van der Waals surface area contributed by atoms with Crippen LogP contribution in [0.5, 0.6) is 0 Å². The molecule has 1 aliphatic heterocycles. The summed E-state index contributed by atoms with van der Waals surface area (Å²) in [6.45, 7) is 8.72. The minimum absolute atomic E-state index is 0.0542. The first-order valence-corrected chi connectivity index (χ1v) is 7.83. The molecule has 2 unspecified atom stereocenters. The van der Waals surface area contributed by atoms with Crippen LogP contribution in [0.1, 0.15) is 38.7 Å². The normalized spacial score (nSPS) is 23.3. The number of amides is 1. The Morgan fingerprint density at radius 1 is 1.48 bits per heavy atom. The number of carbonyl (C=O) groups excluding carboxylic acids is 1. The van der Waals surface area contributed by atoms with Crippen LogP contribution in [0.25, 0.3) is 0 Å². The van der Waals surface area contributed by atoms with Crippen molar-refractivity contribution in [3.8, 4) is 0 Å². The van der Waals surface area contributed by atoms with Crippen LogP contribution in [0.4, 0.5) is 5.69 Å². The molecule has 1 aromatic carbocycles. The molecule has 21 heavy (non-hydrogen) atoms. The van der Waals surface area contributed by atoms with Gasteiger partial charge in [-0.3, -0.25) is 9.69 Å². The van der Waals surface area contributed by atoms with Gasteiger partial charge in [0.25, 0.3) is 0 Å². The Bertz CT molecular complexity index is 487. The van der Waals surface area contributed by atoms with Crippen molar-refractivity contribution in [3.05, 3.63) is 29.8 Å². The fourth-order valence-corrected chi connectivity index (χ4v) is 2.77. The molecule has 4 nitrogen and oxygen atoms in total. The molecule has 116 valence electrons. The minimum atomic E-state index is 0.0542. The summed E-state index contributed by atoms with van der Waals surface area (Å²) < 4.78 is 0. The lowest BCUT2D eigenvalue weighted by atomic mass is 9.95. The third-order valence-electron chi connectivity index (χ3n) is 4.26. The van der Waals surface area contributed by atoms with Gasteiger partial charge in [0.2, 0.25) is 5.91 Å². The average molecular weight is 289 g/mol. The lowest BCUT2D eigenvalue weighted by Gasteiger charge is -2.34. The predicted octanol–water partition coefficient (Wildman–Crippen LogP) is 2.42. The number of nitrogens with two attached hydrogens (primary N) is 1. The molecule has 0 bridgehead atoms. The molecule has 2 atom stereocenters. The summed E-state index contributed by atoms with van der Waals surface area (Å²) >= 11 is 0. The van der Waals surface area contributed by atoms with Crippen LogP contribution in [0.2, 0.25) is 0 Å². The van der Waals surface area contributed by atoms with Gasteiger partial charge in [0, 0.05) is 24.8 Å². The number of nitrogens with zero attached hydrogens (tertiary/aromatic N) is 1. The Kier molecular flexibility index (Phi) is 5.37. The van der Waals surface area contributed by atoms with E-state index in [1.807, 2.05) is 12.1 Å². The van der Waals surface area contributed by atoms with Gasteiger partial charge in [0.1, 0.15) is 0 Å². The number of anilines is 1. The minimum Gasteiger partial charge on any atom is -0.327 e. The maximum Gasteiger partial charge on any atom is 0.238 e. The van der Waals surface area contributed by atoms with Gasteiger partial charge >= 0.3 is 0 Å². The standard InChI is InChI=1S/C17H27N3O/c1-12(2)14-5-4-6-15(9-14)19-17(21)11-20-8-7-16(18)13(3)10-20/h4-6,9,12-13,16H,7-8,10-11,18H2,1-3H3,(H,19,21). The SMILES string of the molecule is CC(C)c1cccc(NC(=O)CN2CCC(N)C(C)C2)c1. The molecule has 1 fully saturated rings. The highest BCUT2D eigenvalue weighted by atomic mass is 16.2. The van der Waals surface area contributed by atoms with E-state index in [9.17, 15) is 4.79 Å². The first kappa shape index (κ1) is 16.0. The summed E-state index contributed by atoms with van der Waals surface area (Å²) in [7, 11) is 0. The van der Waals surface area contributed by atoms with Crippen LogP contribution >= 0.6 is 0 Å². The zero-order chi connectivity index (χ0) is 15.4. The van der Waals surface area contributed by atoms with Crippen molar-refractivity contribution in [1.29, 1.82) is 0 Å². The first-order chi connectivity index (χ1) is 9.95. The zero-order valence-corrected chi connectivity index (χ0v) is 13.3. The Morgan fingerprint density at radius 3 is 2.90 bits per heavy atom. The highest BCUT2D eigenvalue weighted by Gasteiger charge is 2.24. The summed E-state index contributed by atoms with van der Waals surface area (Å²) in [6, 6.07) is 8.35. The lowest BCUT2D eigenvalue weighted by molar-refractivity contribution is -0.117. The first-order valence-electron chi connectivity index (χ1n) is 7.83. The van der Waals surface area contributed by atoms with E-state index in [0.29, 0.717) is 18.4 Å². The Balaban J connectivity index is 1.88. The van der Waals surface area contributed by atoms with Crippen molar-refractivity contribution < 1.29 is 4.79 Å². The maximum absolute atomic E-state index is 12.2. The van der Waals surface area contributed by atoms with Crippen molar-refractivity contribution in [2.75, 3.05) is 25.0 Å². The quantitative estimate of drug-likeness (QED) is 0.895. The third-order valence-corrected chi connectivity index (χ3v) is 4.26. The second-order valence-electron chi connectivity index (χ2n) is 6.49. The second-order valence-corrected chi connectivity index (χ2v) is 6.49. The van der Waals surface area contributed by atoms with E-state index < -0.39 is 0 Å². The van der Waals surface area contributed by atoms with E-state index in [4.69, 9.17) is 5.73 Å². The number of likely N-dealkylation sites (tertiary alicyclic amines) is 1. The number of hydrogen-bond acceptors (Lipinski definition) is 3. The fourth-order valence-electron chi connectivity index (χ4n) is 2.77. The molecule has 0 aromatic heterocycles. The summed E-state index contributed by atoms with van der Waals surface area (Å²) in [5, 5.41) is 3.00. The van der Waals surface area contributed by atoms with Crippen LogP contribution in [-0.4, -0.2) is 36.5 Å². The largest absolute Gasteiger partial charge is 0.327 e. The molecule has 0 aliphatic carbocycles. The molecule has 0 saturated carbocycles. The molecule has 1 saturated heterocycles. The molecule has 0 radical (unpaired) electrons. The van der Waals surface area contributed by atoms with Crippen molar-refractivity contribution in [2.45, 2.75) is 39.2 Å². The highest BCUT2D eigenvalue weighted by molar-refractivity contribution is 5.92. The van der Waals surface area contributed by atoms with Crippen molar-refractivity contribution in [2.24, 2.45) is 11.7 Å². The number of carbonyl (C=O) groups is 1. The Labute approximate surface area is 127 Å².